The molecular formula is C26H42O3Si. The van der Waals surface area contributed by atoms with E-state index < -0.39 is 8.07 Å². The lowest BCUT2D eigenvalue weighted by Crippen LogP contribution is -2.36. The SMILES string of the molecule is CC(=O)OCC(CC=C(C)CCC1=C(C)CCCC1(C)C)c1coc([Si](C)(C)C)c1. The van der Waals surface area contributed by atoms with Crippen molar-refractivity contribution in [3.05, 3.63) is 40.7 Å². The first-order valence-corrected chi connectivity index (χ1v) is 15.0. The Balaban J connectivity index is 2.07. The molecule has 2 rings (SSSR count). The van der Waals surface area contributed by atoms with E-state index in [0.29, 0.717) is 12.0 Å². The van der Waals surface area contributed by atoms with Crippen LogP contribution in [0.4, 0.5) is 0 Å². The number of esters is 1. The summed E-state index contributed by atoms with van der Waals surface area (Å²) in [6.07, 6.45) is 11.2. The first-order chi connectivity index (χ1) is 13.9. The molecule has 0 aliphatic heterocycles. The maximum absolute atomic E-state index is 11.4. The largest absolute Gasteiger partial charge is 0.474 e. The average Bonchev–Trinajstić information content (AvgIpc) is 3.11. The Morgan fingerprint density at radius 3 is 2.57 bits per heavy atom. The maximum atomic E-state index is 11.4. The van der Waals surface area contributed by atoms with Crippen LogP contribution in [-0.2, 0) is 9.53 Å². The standard InChI is InChI=1S/C26H42O3Si/c1-19(12-14-24-20(2)10-9-15-26(24,4)5)11-13-22(17-28-21(3)27)23-16-25(29-18-23)30(6,7)8/h11,16,18,22H,9-10,12-15,17H2,1-8H3. The Bertz CT molecular complexity index is 789. The number of hydrogen-bond acceptors (Lipinski definition) is 3. The van der Waals surface area contributed by atoms with Crippen LogP contribution in [0.3, 0.4) is 0 Å². The van der Waals surface area contributed by atoms with Gasteiger partial charge in [-0.25, -0.2) is 0 Å². The van der Waals surface area contributed by atoms with E-state index in [4.69, 9.17) is 9.15 Å². The molecule has 1 aromatic rings. The van der Waals surface area contributed by atoms with Gasteiger partial charge < -0.3 is 9.15 Å². The minimum Gasteiger partial charge on any atom is -0.474 e. The van der Waals surface area contributed by atoms with Crippen molar-refractivity contribution in [2.24, 2.45) is 5.41 Å². The van der Waals surface area contributed by atoms with Crippen molar-refractivity contribution in [3.63, 3.8) is 0 Å². The third-order valence-corrected chi connectivity index (χ3v) is 8.26. The van der Waals surface area contributed by atoms with Crippen molar-refractivity contribution in [1.82, 2.24) is 0 Å². The fraction of sp³-hybridized carbons (Fsp3) is 0.654. The van der Waals surface area contributed by atoms with Gasteiger partial charge in [-0.1, -0.05) is 56.3 Å². The summed E-state index contributed by atoms with van der Waals surface area (Å²) in [5.41, 5.74) is 6.16. The second kappa shape index (κ2) is 10.2. The number of rotatable bonds is 9. The number of furan rings is 1. The van der Waals surface area contributed by atoms with E-state index in [2.05, 4.69) is 59.5 Å². The highest BCUT2D eigenvalue weighted by Crippen LogP contribution is 2.42. The van der Waals surface area contributed by atoms with Gasteiger partial charge in [0.25, 0.3) is 0 Å². The molecule has 0 spiro atoms. The molecule has 0 N–H and O–H groups in total. The smallest absolute Gasteiger partial charge is 0.302 e. The van der Waals surface area contributed by atoms with Gasteiger partial charge >= 0.3 is 5.97 Å². The lowest BCUT2D eigenvalue weighted by molar-refractivity contribution is -0.141. The van der Waals surface area contributed by atoms with E-state index in [-0.39, 0.29) is 11.9 Å². The number of allylic oxidation sites excluding steroid dienone is 4. The fourth-order valence-electron chi connectivity index (χ4n) is 4.47. The van der Waals surface area contributed by atoms with E-state index in [1.54, 1.807) is 11.1 Å². The van der Waals surface area contributed by atoms with Crippen LogP contribution in [0.2, 0.25) is 19.6 Å². The molecule has 0 aromatic carbocycles. The quantitative estimate of drug-likeness (QED) is 0.238. The third kappa shape index (κ3) is 7.00. The average molecular weight is 431 g/mol. The van der Waals surface area contributed by atoms with Crippen LogP contribution >= 0.6 is 0 Å². The molecule has 0 saturated heterocycles. The summed E-state index contributed by atoms with van der Waals surface area (Å²) in [5, 5.41) is 1.10. The highest BCUT2D eigenvalue weighted by Gasteiger charge is 2.28. The summed E-state index contributed by atoms with van der Waals surface area (Å²) in [7, 11) is -1.50. The van der Waals surface area contributed by atoms with Crippen molar-refractivity contribution in [3.8, 4) is 0 Å². The van der Waals surface area contributed by atoms with Gasteiger partial charge in [-0.05, 0) is 69.4 Å². The predicted molar refractivity (Wildman–Crippen MR) is 129 cm³/mol. The Hall–Kier alpha value is -1.55. The van der Waals surface area contributed by atoms with E-state index in [0.717, 1.165) is 30.2 Å². The summed E-state index contributed by atoms with van der Waals surface area (Å²) in [6, 6.07) is 2.18. The Morgan fingerprint density at radius 1 is 1.30 bits per heavy atom. The molecule has 0 amide bonds. The zero-order chi connectivity index (χ0) is 22.5. The number of carbonyl (C=O) groups is 1. The molecule has 0 bridgehead atoms. The predicted octanol–water partition coefficient (Wildman–Crippen LogP) is 7.11. The van der Waals surface area contributed by atoms with E-state index >= 15 is 0 Å². The molecule has 1 aliphatic carbocycles. The lowest BCUT2D eigenvalue weighted by Gasteiger charge is -2.35. The molecular weight excluding hydrogens is 388 g/mol. The topological polar surface area (TPSA) is 39.4 Å². The molecule has 1 aliphatic rings. The first-order valence-electron chi connectivity index (χ1n) is 11.5. The van der Waals surface area contributed by atoms with Crippen LogP contribution in [0.1, 0.15) is 84.6 Å². The summed E-state index contributed by atoms with van der Waals surface area (Å²) < 4.78 is 11.3. The highest BCUT2D eigenvalue weighted by molar-refractivity contribution is 6.87. The van der Waals surface area contributed by atoms with Gasteiger partial charge in [0.2, 0.25) is 0 Å². The van der Waals surface area contributed by atoms with Crippen LogP contribution in [0.25, 0.3) is 0 Å². The summed E-state index contributed by atoms with van der Waals surface area (Å²) in [5.74, 6) is -0.0821. The molecule has 30 heavy (non-hydrogen) atoms. The minimum atomic E-state index is -1.50. The van der Waals surface area contributed by atoms with Crippen molar-refractivity contribution < 1.29 is 13.9 Å². The Morgan fingerprint density at radius 2 is 2.00 bits per heavy atom. The van der Waals surface area contributed by atoms with Gasteiger partial charge in [-0.3, -0.25) is 4.79 Å². The van der Waals surface area contributed by atoms with Gasteiger partial charge in [0.05, 0.1) is 18.3 Å². The third-order valence-electron chi connectivity index (χ3n) is 6.52. The molecule has 1 unspecified atom stereocenters. The van der Waals surface area contributed by atoms with Gasteiger partial charge in [0.15, 0.2) is 0 Å². The monoisotopic (exact) mass is 430 g/mol. The molecule has 4 heteroatoms. The van der Waals surface area contributed by atoms with Crippen molar-refractivity contribution >= 4 is 19.4 Å². The molecule has 1 atom stereocenters. The minimum absolute atomic E-state index is 0.143. The Kier molecular flexibility index (Phi) is 8.38. The van der Waals surface area contributed by atoms with Gasteiger partial charge in [-0.15, -0.1) is 0 Å². The van der Waals surface area contributed by atoms with Crippen LogP contribution in [0, 0.1) is 5.41 Å². The van der Waals surface area contributed by atoms with Crippen molar-refractivity contribution in [2.75, 3.05) is 6.61 Å². The first kappa shape index (κ1) is 24.7. The summed E-state index contributed by atoms with van der Waals surface area (Å²) >= 11 is 0. The van der Waals surface area contributed by atoms with Gasteiger partial charge in [0.1, 0.15) is 8.07 Å². The van der Waals surface area contributed by atoms with E-state index in [9.17, 15) is 4.79 Å². The molecule has 0 fully saturated rings. The van der Waals surface area contributed by atoms with Gasteiger partial charge in [0, 0.05) is 12.8 Å². The number of hydrogen-bond donors (Lipinski definition) is 0. The maximum Gasteiger partial charge on any atom is 0.302 e. The molecule has 1 heterocycles. The molecule has 3 nitrogen and oxygen atoms in total. The molecule has 1 aromatic heterocycles. The lowest BCUT2D eigenvalue weighted by atomic mass is 9.71. The fourth-order valence-corrected chi connectivity index (χ4v) is 5.48. The van der Waals surface area contributed by atoms with Crippen LogP contribution in [0.5, 0.6) is 0 Å². The van der Waals surface area contributed by atoms with Crippen LogP contribution < -0.4 is 5.38 Å². The van der Waals surface area contributed by atoms with Crippen molar-refractivity contribution in [2.45, 2.75) is 98.7 Å². The summed E-state index contributed by atoms with van der Waals surface area (Å²) in [6.45, 7) is 18.1. The molecule has 0 radical (unpaired) electrons. The number of ether oxygens (including phenoxy) is 1. The molecule has 168 valence electrons. The van der Waals surface area contributed by atoms with E-state index in [1.807, 2.05) is 6.26 Å². The second-order valence-corrected chi connectivity index (χ2v) is 15.8. The van der Waals surface area contributed by atoms with Crippen molar-refractivity contribution in [1.29, 1.82) is 0 Å². The zero-order valence-electron chi connectivity index (χ0n) is 20.5. The highest BCUT2D eigenvalue weighted by atomic mass is 28.3. The van der Waals surface area contributed by atoms with Crippen LogP contribution in [-0.4, -0.2) is 20.7 Å². The van der Waals surface area contributed by atoms with E-state index in [1.165, 1.54) is 31.8 Å². The Labute approximate surface area is 185 Å². The number of carbonyl (C=O) groups excluding carboxylic acids is 1. The normalized spacial score (nSPS) is 18.5. The van der Waals surface area contributed by atoms with Crippen LogP contribution in [0.15, 0.2) is 39.5 Å². The second-order valence-electron chi connectivity index (χ2n) is 10.8. The molecule has 0 saturated carbocycles. The summed E-state index contributed by atoms with van der Waals surface area (Å²) in [4.78, 5) is 11.4. The van der Waals surface area contributed by atoms with Gasteiger partial charge in [-0.2, -0.15) is 0 Å². The zero-order valence-corrected chi connectivity index (χ0v) is 21.5.